The van der Waals surface area contributed by atoms with E-state index >= 15 is 0 Å². The van der Waals surface area contributed by atoms with E-state index in [0.717, 1.165) is 0 Å². The molecule has 1 aromatic carbocycles. The molecule has 1 aromatic heterocycles. The zero-order valence-electron chi connectivity index (χ0n) is 8.32. The van der Waals surface area contributed by atoms with Gasteiger partial charge in [-0.3, -0.25) is 0 Å². The van der Waals surface area contributed by atoms with Crippen LogP contribution in [0.2, 0.25) is 0 Å². The van der Waals surface area contributed by atoms with Crippen molar-refractivity contribution >= 4 is 17.0 Å². The largest absolute Gasteiger partial charge is 0.460 e. The molecule has 0 fully saturated rings. The molecule has 0 radical (unpaired) electrons. The molecule has 0 saturated heterocycles. The van der Waals surface area contributed by atoms with E-state index in [-0.39, 0.29) is 18.9 Å². The Morgan fingerprint density at radius 3 is 2.81 bits per heavy atom. The van der Waals surface area contributed by atoms with Crippen molar-refractivity contribution in [2.24, 2.45) is 0 Å². The van der Waals surface area contributed by atoms with E-state index in [4.69, 9.17) is 9.84 Å². The number of benzene rings is 1. The van der Waals surface area contributed by atoms with Crippen LogP contribution >= 0.6 is 0 Å². The fourth-order valence-electron chi connectivity index (χ4n) is 1.38. The zero-order valence-corrected chi connectivity index (χ0v) is 8.32. The highest BCUT2D eigenvalue weighted by molar-refractivity contribution is 5.93. The van der Waals surface area contributed by atoms with Gasteiger partial charge in [0, 0.05) is 0 Å². The summed E-state index contributed by atoms with van der Waals surface area (Å²) in [6, 6.07) is 4.68. The molecular weight excluding hydrogens is 212 g/mol. The summed E-state index contributed by atoms with van der Waals surface area (Å²) < 4.78 is 4.74. The number of hydrogen-bond donors (Lipinski definition) is 3. The summed E-state index contributed by atoms with van der Waals surface area (Å²) in [5.74, 6) is -0.530. The highest BCUT2D eigenvalue weighted by atomic mass is 16.5. The van der Waals surface area contributed by atoms with Crippen molar-refractivity contribution in [3.8, 4) is 0 Å². The number of aromatic nitrogens is 2. The summed E-state index contributed by atoms with van der Waals surface area (Å²) in [4.78, 5) is 27.5. The third-order valence-corrected chi connectivity index (χ3v) is 2.08. The van der Waals surface area contributed by atoms with Gasteiger partial charge in [0.15, 0.2) is 0 Å². The fourth-order valence-corrected chi connectivity index (χ4v) is 1.38. The summed E-state index contributed by atoms with van der Waals surface area (Å²) in [6.45, 7) is -0.254. The third kappa shape index (κ3) is 1.96. The van der Waals surface area contributed by atoms with Gasteiger partial charge in [0.1, 0.15) is 6.61 Å². The molecule has 0 bridgehead atoms. The lowest BCUT2D eigenvalue weighted by Crippen LogP contribution is -2.08. The van der Waals surface area contributed by atoms with Gasteiger partial charge >= 0.3 is 11.7 Å². The Morgan fingerprint density at radius 1 is 1.31 bits per heavy atom. The Balaban J connectivity index is 2.31. The quantitative estimate of drug-likeness (QED) is 0.637. The van der Waals surface area contributed by atoms with E-state index in [0.29, 0.717) is 16.6 Å². The van der Waals surface area contributed by atoms with Crippen LogP contribution in [0.3, 0.4) is 0 Å². The fraction of sp³-hybridized carbons (Fsp3) is 0.200. The van der Waals surface area contributed by atoms with Crippen LogP contribution in [0.15, 0.2) is 23.0 Å². The molecular formula is C10H10N2O4. The van der Waals surface area contributed by atoms with Crippen LogP contribution in [0.4, 0.5) is 0 Å². The second kappa shape index (κ2) is 4.19. The number of hydrogen-bond acceptors (Lipinski definition) is 4. The Bertz CT molecular complexity index is 569. The molecule has 84 valence electrons. The van der Waals surface area contributed by atoms with Crippen molar-refractivity contribution in [3.63, 3.8) is 0 Å². The van der Waals surface area contributed by atoms with Gasteiger partial charge in [-0.25, -0.2) is 9.59 Å². The molecule has 0 aliphatic rings. The summed E-state index contributed by atoms with van der Waals surface area (Å²) in [7, 11) is 0. The third-order valence-electron chi connectivity index (χ3n) is 2.08. The predicted octanol–water partition coefficient (Wildman–Crippen LogP) is 0.00530. The topological polar surface area (TPSA) is 95.2 Å². The van der Waals surface area contributed by atoms with E-state index in [9.17, 15) is 9.59 Å². The van der Waals surface area contributed by atoms with Gasteiger partial charge in [-0.05, 0) is 18.2 Å². The lowest BCUT2D eigenvalue weighted by atomic mass is 10.2. The first-order valence-electron chi connectivity index (χ1n) is 4.71. The van der Waals surface area contributed by atoms with E-state index in [1.165, 1.54) is 6.07 Å². The number of aromatic amines is 2. The van der Waals surface area contributed by atoms with Crippen LogP contribution in [-0.2, 0) is 4.74 Å². The number of aliphatic hydroxyl groups is 1. The number of aliphatic hydroxyl groups excluding tert-OH is 1. The molecule has 6 nitrogen and oxygen atoms in total. The van der Waals surface area contributed by atoms with Crippen LogP contribution in [-0.4, -0.2) is 34.3 Å². The standard InChI is InChI=1S/C10H10N2O4/c13-3-4-16-9(14)6-1-2-7-8(5-6)12-10(15)11-7/h1-2,5,13H,3-4H2,(H2,11,12,15). The Hall–Kier alpha value is -2.08. The summed E-state index contributed by atoms with van der Waals surface area (Å²) in [5.41, 5.74) is 1.18. The lowest BCUT2D eigenvalue weighted by molar-refractivity contribution is 0.0434. The lowest BCUT2D eigenvalue weighted by Gasteiger charge is -2.02. The molecule has 1 heterocycles. The Labute approximate surface area is 89.9 Å². The number of fused-ring (bicyclic) bond motifs is 1. The number of H-pyrrole nitrogens is 2. The van der Waals surface area contributed by atoms with Crippen molar-refractivity contribution in [1.82, 2.24) is 9.97 Å². The van der Waals surface area contributed by atoms with Crippen LogP contribution < -0.4 is 5.69 Å². The summed E-state index contributed by atoms with van der Waals surface area (Å²) in [6.07, 6.45) is 0. The minimum atomic E-state index is -0.530. The molecule has 2 rings (SSSR count). The van der Waals surface area contributed by atoms with E-state index in [1.807, 2.05) is 0 Å². The monoisotopic (exact) mass is 222 g/mol. The Kier molecular flexibility index (Phi) is 2.74. The highest BCUT2D eigenvalue weighted by Gasteiger charge is 2.08. The Morgan fingerprint density at radius 2 is 2.06 bits per heavy atom. The number of imidazole rings is 1. The van der Waals surface area contributed by atoms with E-state index < -0.39 is 5.97 Å². The molecule has 3 N–H and O–H groups in total. The van der Waals surface area contributed by atoms with Crippen molar-refractivity contribution in [2.75, 3.05) is 13.2 Å². The van der Waals surface area contributed by atoms with Gasteiger partial charge in [0.25, 0.3) is 0 Å². The van der Waals surface area contributed by atoms with Gasteiger partial charge in [-0.2, -0.15) is 0 Å². The molecule has 0 saturated carbocycles. The smallest absolute Gasteiger partial charge is 0.338 e. The minimum absolute atomic E-state index is 0.0411. The molecule has 0 amide bonds. The number of rotatable bonds is 3. The van der Waals surface area contributed by atoms with Crippen LogP contribution in [0.25, 0.3) is 11.0 Å². The molecule has 2 aromatic rings. The molecule has 0 atom stereocenters. The maximum absolute atomic E-state index is 11.4. The SMILES string of the molecule is O=C(OCCO)c1ccc2[nH]c(=O)[nH]c2c1. The van der Waals surface area contributed by atoms with Crippen molar-refractivity contribution in [2.45, 2.75) is 0 Å². The summed E-state index contributed by atoms with van der Waals surface area (Å²) in [5, 5.41) is 8.51. The van der Waals surface area contributed by atoms with Gasteiger partial charge in [0.05, 0.1) is 23.2 Å². The van der Waals surface area contributed by atoms with E-state index in [2.05, 4.69) is 9.97 Å². The van der Waals surface area contributed by atoms with Crippen molar-refractivity contribution < 1.29 is 14.6 Å². The second-order valence-corrected chi connectivity index (χ2v) is 3.20. The zero-order chi connectivity index (χ0) is 11.5. The molecule has 0 aliphatic heterocycles. The number of carbonyl (C=O) groups is 1. The number of nitrogens with one attached hydrogen (secondary N) is 2. The molecule has 0 unspecified atom stereocenters. The van der Waals surface area contributed by atoms with E-state index in [1.54, 1.807) is 12.1 Å². The normalized spacial score (nSPS) is 10.6. The first-order valence-corrected chi connectivity index (χ1v) is 4.71. The average Bonchev–Trinajstić information content (AvgIpc) is 2.64. The molecule has 0 aliphatic carbocycles. The van der Waals surface area contributed by atoms with Crippen molar-refractivity contribution in [1.29, 1.82) is 0 Å². The van der Waals surface area contributed by atoms with Gasteiger partial charge in [0.2, 0.25) is 0 Å². The van der Waals surface area contributed by atoms with Gasteiger partial charge in [-0.1, -0.05) is 0 Å². The predicted molar refractivity (Wildman–Crippen MR) is 56.3 cm³/mol. The molecule has 0 spiro atoms. The van der Waals surface area contributed by atoms with Crippen molar-refractivity contribution in [3.05, 3.63) is 34.2 Å². The van der Waals surface area contributed by atoms with Crippen LogP contribution in [0.1, 0.15) is 10.4 Å². The number of ether oxygens (including phenoxy) is 1. The number of esters is 1. The maximum Gasteiger partial charge on any atom is 0.338 e. The van der Waals surface area contributed by atoms with Crippen LogP contribution in [0.5, 0.6) is 0 Å². The van der Waals surface area contributed by atoms with Gasteiger partial charge in [-0.15, -0.1) is 0 Å². The van der Waals surface area contributed by atoms with Crippen LogP contribution in [0, 0.1) is 0 Å². The first kappa shape index (κ1) is 10.4. The van der Waals surface area contributed by atoms with Gasteiger partial charge < -0.3 is 19.8 Å². The number of carbonyl (C=O) groups excluding carboxylic acids is 1. The minimum Gasteiger partial charge on any atom is -0.460 e. The second-order valence-electron chi connectivity index (χ2n) is 3.20. The molecule has 16 heavy (non-hydrogen) atoms. The average molecular weight is 222 g/mol. The maximum atomic E-state index is 11.4. The summed E-state index contributed by atoms with van der Waals surface area (Å²) >= 11 is 0. The highest BCUT2D eigenvalue weighted by Crippen LogP contribution is 2.10. The molecule has 6 heteroatoms. The first-order chi connectivity index (χ1) is 7.70.